The van der Waals surface area contributed by atoms with Crippen molar-refractivity contribution in [2.75, 3.05) is 13.2 Å². The lowest BCUT2D eigenvalue weighted by molar-refractivity contribution is 0.190. The molecular formula is C10H18N4O. The fourth-order valence-electron chi connectivity index (χ4n) is 1.94. The van der Waals surface area contributed by atoms with Gasteiger partial charge in [0.1, 0.15) is 5.82 Å². The van der Waals surface area contributed by atoms with E-state index in [0.717, 1.165) is 24.5 Å². The highest BCUT2D eigenvalue weighted by atomic mass is 16.5. The fraction of sp³-hybridized carbons (Fsp3) is 0.800. The zero-order chi connectivity index (χ0) is 10.8. The summed E-state index contributed by atoms with van der Waals surface area (Å²) in [5.41, 5.74) is 5.96. The Morgan fingerprint density at radius 1 is 1.53 bits per heavy atom. The molecule has 0 bridgehead atoms. The largest absolute Gasteiger partial charge is 0.379 e. The van der Waals surface area contributed by atoms with Crippen molar-refractivity contribution in [1.29, 1.82) is 0 Å². The fourth-order valence-corrected chi connectivity index (χ4v) is 1.94. The Morgan fingerprint density at radius 2 is 2.33 bits per heavy atom. The predicted octanol–water partition coefficient (Wildman–Crippen LogP) is 0.209. The number of ether oxygens (including phenoxy) is 1. The van der Waals surface area contributed by atoms with E-state index in [9.17, 15) is 0 Å². The Hall–Kier alpha value is -0.940. The van der Waals surface area contributed by atoms with E-state index in [1.165, 1.54) is 0 Å². The molecular weight excluding hydrogens is 192 g/mol. The van der Waals surface area contributed by atoms with Crippen LogP contribution in [0.5, 0.6) is 0 Å². The van der Waals surface area contributed by atoms with Crippen LogP contribution in [0, 0.1) is 0 Å². The van der Waals surface area contributed by atoms with Crippen LogP contribution in [0.2, 0.25) is 0 Å². The molecule has 84 valence electrons. The molecule has 1 fully saturated rings. The van der Waals surface area contributed by atoms with Gasteiger partial charge in [-0.2, -0.15) is 5.10 Å². The van der Waals surface area contributed by atoms with Crippen LogP contribution in [0.4, 0.5) is 0 Å². The maximum atomic E-state index is 5.96. The Morgan fingerprint density at radius 3 is 2.93 bits per heavy atom. The number of rotatable bonds is 3. The van der Waals surface area contributed by atoms with Gasteiger partial charge in [-0.15, -0.1) is 0 Å². The highest BCUT2D eigenvalue weighted by Crippen LogP contribution is 2.22. The molecule has 0 aromatic carbocycles. The maximum Gasteiger partial charge on any atom is 0.150 e. The summed E-state index contributed by atoms with van der Waals surface area (Å²) < 4.78 is 7.18. The molecule has 5 nitrogen and oxygen atoms in total. The second-order valence-corrected chi connectivity index (χ2v) is 4.07. The van der Waals surface area contributed by atoms with Crippen molar-refractivity contribution in [3.05, 3.63) is 11.6 Å². The molecule has 0 amide bonds. The summed E-state index contributed by atoms with van der Waals surface area (Å²) in [4.78, 5) is 4.52. The first-order valence-electron chi connectivity index (χ1n) is 5.45. The topological polar surface area (TPSA) is 66.0 Å². The van der Waals surface area contributed by atoms with Gasteiger partial charge < -0.3 is 10.5 Å². The molecule has 15 heavy (non-hydrogen) atoms. The van der Waals surface area contributed by atoms with E-state index >= 15 is 0 Å². The van der Waals surface area contributed by atoms with Gasteiger partial charge in [0.25, 0.3) is 0 Å². The van der Waals surface area contributed by atoms with Crippen molar-refractivity contribution >= 4 is 0 Å². The van der Waals surface area contributed by atoms with Gasteiger partial charge in [-0.25, -0.2) is 4.98 Å². The van der Waals surface area contributed by atoms with Gasteiger partial charge in [-0.05, 0) is 6.42 Å². The van der Waals surface area contributed by atoms with Crippen LogP contribution in [0.15, 0.2) is 0 Å². The summed E-state index contributed by atoms with van der Waals surface area (Å²) in [6.07, 6.45) is 1.99. The van der Waals surface area contributed by atoms with E-state index in [0.29, 0.717) is 13.2 Å². The van der Waals surface area contributed by atoms with Gasteiger partial charge in [0, 0.05) is 19.5 Å². The molecule has 2 rings (SSSR count). The van der Waals surface area contributed by atoms with Crippen LogP contribution in [-0.4, -0.2) is 34.0 Å². The summed E-state index contributed by atoms with van der Waals surface area (Å²) in [6.45, 7) is 3.42. The van der Waals surface area contributed by atoms with E-state index < -0.39 is 0 Å². The standard InChI is InChI=1S/C10H18N4O/c1-3-4-9-12-10(14(2)13-9)7-5-15-6-8(7)11/h7-8H,3-6,11H2,1-2H3. The van der Waals surface area contributed by atoms with Gasteiger partial charge in [-0.3, -0.25) is 4.68 Å². The third-order valence-corrected chi connectivity index (χ3v) is 2.77. The van der Waals surface area contributed by atoms with E-state index in [1.807, 2.05) is 11.7 Å². The number of hydrogen-bond acceptors (Lipinski definition) is 4. The summed E-state index contributed by atoms with van der Waals surface area (Å²) >= 11 is 0. The first-order chi connectivity index (χ1) is 7.22. The lowest BCUT2D eigenvalue weighted by Crippen LogP contribution is -2.28. The average Bonchev–Trinajstić information content (AvgIpc) is 2.73. The Balaban J connectivity index is 2.19. The predicted molar refractivity (Wildman–Crippen MR) is 56.5 cm³/mol. The molecule has 0 aliphatic carbocycles. The molecule has 2 atom stereocenters. The number of aromatic nitrogens is 3. The van der Waals surface area contributed by atoms with Crippen molar-refractivity contribution in [3.8, 4) is 0 Å². The van der Waals surface area contributed by atoms with E-state index in [4.69, 9.17) is 10.5 Å². The van der Waals surface area contributed by atoms with Crippen molar-refractivity contribution < 1.29 is 4.74 Å². The molecule has 2 heterocycles. The second-order valence-electron chi connectivity index (χ2n) is 4.07. The quantitative estimate of drug-likeness (QED) is 0.774. The SMILES string of the molecule is CCCc1nc(C2COCC2N)n(C)n1. The number of nitrogens with two attached hydrogens (primary N) is 1. The molecule has 5 heteroatoms. The van der Waals surface area contributed by atoms with Gasteiger partial charge in [0.15, 0.2) is 5.82 Å². The van der Waals surface area contributed by atoms with Crippen LogP contribution in [-0.2, 0) is 18.2 Å². The van der Waals surface area contributed by atoms with Crippen LogP contribution >= 0.6 is 0 Å². The molecule has 2 N–H and O–H groups in total. The molecule has 1 saturated heterocycles. The molecule has 1 aliphatic rings. The van der Waals surface area contributed by atoms with Crippen LogP contribution in [0.25, 0.3) is 0 Å². The minimum atomic E-state index is 0.0578. The molecule has 0 spiro atoms. The van der Waals surface area contributed by atoms with Gasteiger partial charge in [0.2, 0.25) is 0 Å². The van der Waals surface area contributed by atoms with Crippen molar-refractivity contribution in [2.24, 2.45) is 12.8 Å². The van der Waals surface area contributed by atoms with E-state index in [-0.39, 0.29) is 12.0 Å². The number of aryl methyl sites for hydroxylation is 2. The van der Waals surface area contributed by atoms with Crippen LogP contribution in [0.3, 0.4) is 0 Å². The Bertz CT molecular complexity index is 336. The summed E-state index contributed by atoms with van der Waals surface area (Å²) in [7, 11) is 1.92. The third kappa shape index (κ3) is 2.03. The molecule has 0 radical (unpaired) electrons. The van der Waals surface area contributed by atoms with Crippen molar-refractivity contribution in [1.82, 2.24) is 14.8 Å². The Kier molecular flexibility index (Phi) is 3.02. The second kappa shape index (κ2) is 4.28. The lowest BCUT2D eigenvalue weighted by Gasteiger charge is -2.10. The minimum Gasteiger partial charge on any atom is -0.379 e. The van der Waals surface area contributed by atoms with E-state index in [2.05, 4.69) is 17.0 Å². The average molecular weight is 210 g/mol. The zero-order valence-electron chi connectivity index (χ0n) is 9.31. The van der Waals surface area contributed by atoms with Gasteiger partial charge >= 0.3 is 0 Å². The molecule has 1 aliphatic heterocycles. The molecule has 1 aromatic rings. The summed E-state index contributed by atoms with van der Waals surface area (Å²) in [5.74, 6) is 2.07. The van der Waals surface area contributed by atoms with Crippen LogP contribution < -0.4 is 5.73 Å². The number of hydrogen-bond donors (Lipinski definition) is 1. The highest BCUT2D eigenvalue weighted by molar-refractivity contribution is 5.06. The number of nitrogens with zero attached hydrogens (tertiary/aromatic N) is 3. The molecule has 0 saturated carbocycles. The Labute approximate surface area is 89.6 Å². The summed E-state index contributed by atoms with van der Waals surface area (Å²) in [6, 6.07) is 0.0578. The summed E-state index contributed by atoms with van der Waals surface area (Å²) in [5, 5.41) is 4.37. The molecule has 1 aromatic heterocycles. The first kappa shape index (κ1) is 10.6. The highest BCUT2D eigenvalue weighted by Gasteiger charge is 2.30. The smallest absolute Gasteiger partial charge is 0.150 e. The van der Waals surface area contributed by atoms with Gasteiger partial charge in [0.05, 0.1) is 19.1 Å². The lowest BCUT2D eigenvalue weighted by atomic mass is 10.0. The molecule has 2 unspecified atom stereocenters. The van der Waals surface area contributed by atoms with Crippen LogP contribution in [0.1, 0.15) is 30.9 Å². The van der Waals surface area contributed by atoms with Crippen molar-refractivity contribution in [2.45, 2.75) is 31.7 Å². The third-order valence-electron chi connectivity index (χ3n) is 2.77. The van der Waals surface area contributed by atoms with E-state index in [1.54, 1.807) is 0 Å². The minimum absolute atomic E-state index is 0.0578. The first-order valence-corrected chi connectivity index (χ1v) is 5.45. The maximum absolute atomic E-state index is 5.96. The van der Waals surface area contributed by atoms with Gasteiger partial charge in [-0.1, -0.05) is 6.92 Å². The monoisotopic (exact) mass is 210 g/mol. The normalized spacial score (nSPS) is 26.1. The zero-order valence-corrected chi connectivity index (χ0v) is 9.31. The van der Waals surface area contributed by atoms with Crippen molar-refractivity contribution in [3.63, 3.8) is 0 Å².